The lowest BCUT2D eigenvalue weighted by atomic mass is 10.1. The zero-order valence-electron chi connectivity index (χ0n) is 11.5. The first-order valence-corrected chi connectivity index (χ1v) is 6.99. The van der Waals surface area contributed by atoms with Crippen molar-refractivity contribution in [2.24, 2.45) is 5.73 Å². The molecule has 0 bridgehead atoms. The van der Waals surface area contributed by atoms with Crippen molar-refractivity contribution in [1.29, 1.82) is 0 Å². The van der Waals surface area contributed by atoms with E-state index in [0.29, 0.717) is 17.9 Å². The van der Waals surface area contributed by atoms with Crippen molar-refractivity contribution in [3.63, 3.8) is 0 Å². The third-order valence-corrected chi connectivity index (χ3v) is 3.48. The molecule has 1 unspecified atom stereocenters. The van der Waals surface area contributed by atoms with E-state index in [1.54, 1.807) is 6.07 Å². The van der Waals surface area contributed by atoms with Gasteiger partial charge in [-0.2, -0.15) is 0 Å². The number of nitrogens with two attached hydrogens (primary N) is 1. The zero-order valence-corrected chi connectivity index (χ0v) is 11.5. The highest BCUT2D eigenvalue weighted by Gasteiger charge is 2.16. The topological polar surface area (TPSA) is 71.5 Å². The molecular weight excluding hydrogens is 242 g/mol. The number of rotatable bonds is 5. The molecule has 1 saturated heterocycles. The lowest BCUT2D eigenvalue weighted by Crippen LogP contribution is -2.43. The summed E-state index contributed by atoms with van der Waals surface area (Å²) >= 11 is 0. The fraction of sp³-hybridized carbons (Fsp3) is 0.643. The van der Waals surface area contributed by atoms with Gasteiger partial charge in [0.1, 0.15) is 12.0 Å². The highest BCUT2D eigenvalue weighted by molar-refractivity contribution is 5.94. The van der Waals surface area contributed by atoms with Crippen molar-refractivity contribution in [1.82, 2.24) is 10.2 Å². The molecule has 5 nitrogen and oxygen atoms in total. The van der Waals surface area contributed by atoms with Crippen LogP contribution in [0.1, 0.15) is 42.3 Å². The van der Waals surface area contributed by atoms with Crippen LogP contribution < -0.4 is 11.1 Å². The summed E-state index contributed by atoms with van der Waals surface area (Å²) < 4.78 is 5.17. The van der Waals surface area contributed by atoms with E-state index >= 15 is 0 Å². The van der Waals surface area contributed by atoms with Crippen LogP contribution in [0.4, 0.5) is 0 Å². The van der Waals surface area contributed by atoms with Crippen LogP contribution in [0, 0.1) is 0 Å². The van der Waals surface area contributed by atoms with Crippen molar-refractivity contribution >= 4 is 5.91 Å². The highest BCUT2D eigenvalue weighted by atomic mass is 16.3. The standard InChI is InChI=1S/C14H23N3O2/c1-11(9-17-5-3-2-4-6-17)16-14(18)12-7-13(8-15)19-10-12/h7,10-11H,2-6,8-9,15H2,1H3,(H,16,18). The number of likely N-dealkylation sites (tertiary alicyclic amines) is 1. The molecule has 106 valence electrons. The fourth-order valence-corrected chi connectivity index (χ4v) is 2.49. The molecule has 1 atom stereocenters. The Morgan fingerprint density at radius 3 is 2.84 bits per heavy atom. The van der Waals surface area contributed by atoms with E-state index in [4.69, 9.17) is 10.2 Å². The molecule has 1 fully saturated rings. The van der Waals surface area contributed by atoms with Crippen LogP contribution in [0.15, 0.2) is 16.7 Å². The van der Waals surface area contributed by atoms with Gasteiger partial charge in [-0.3, -0.25) is 4.79 Å². The van der Waals surface area contributed by atoms with Crippen molar-refractivity contribution in [2.45, 2.75) is 38.8 Å². The Kier molecular flexibility index (Phi) is 4.99. The lowest BCUT2D eigenvalue weighted by molar-refractivity contribution is 0.0925. The lowest BCUT2D eigenvalue weighted by Gasteiger charge is -2.29. The first kappa shape index (κ1) is 14.1. The molecule has 1 aliphatic heterocycles. The molecule has 2 rings (SSSR count). The Balaban J connectivity index is 1.80. The third-order valence-electron chi connectivity index (χ3n) is 3.48. The smallest absolute Gasteiger partial charge is 0.254 e. The van der Waals surface area contributed by atoms with Crippen molar-refractivity contribution < 1.29 is 9.21 Å². The van der Waals surface area contributed by atoms with E-state index in [9.17, 15) is 4.79 Å². The molecule has 0 radical (unpaired) electrons. The second-order valence-electron chi connectivity index (χ2n) is 5.24. The first-order chi connectivity index (χ1) is 9.19. The summed E-state index contributed by atoms with van der Waals surface area (Å²) in [5, 5.41) is 3.00. The maximum atomic E-state index is 12.0. The number of nitrogens with one attached hydrogen (secondary N) is 1. The minimum Gasteiger partial charge on any atom is -0.467 e. The van der Waals surface area contributed by atoms with Gasteiger partial charge in [-0.05, 0) is 38.9 Å². The summed E-state index contributed by atoms with van der Waals surface area (Å²) in [4.78, 5) is 14.4. The van der Waals surface area contributed by atoms with E-state index in [0.717, 1.165) is 19.6 Å². The van der Waals surface area contributed by atoms with Crippen LogP contribution in [0.25, 0.3) is 0 Å². The molecule has 0 spiro atoms. The fourth-order valence-electron chi connectivity index (χ4n) is 2.49. The SMILES string of the molecule is CC(CN1CCCCC1)NC(=O)c1coc(CN)c1. The summed E-state index contributed by atoms with van der Waals surface area (Å²) in [6.45, 7) is 5.55. The van der Waals surface area contributed by atoms with E-state index < -0.39 is 0 Å². The molecule has 2 heterocycles. The van der Waals surface area contributed by atoms with Gasteiger partial charge >= 0.3 is 0 Å². The van der Waals surface area contributed by atoms with Gasteiger partial charge in [0.2, 0.25) is 0 Å². The van der Waals surface area contributed by atoms with E-state index in [-0.39, 0.29) is 11.9 Å². The van der Waals surface area contributed by atoms with Crippen LogP contribution in [0.2, 0.25) is 0 Å². The Hall–Kier alpha value is -1.33. The van der Waals surface area contributed by atoms with Crippen LogP contribution in [0.5, 0.6) is 0 Å². The number of carbonyl (C=O) groups is 1. The zero-order chi connectivity index (χ0) is 13.7. The molecule has 3 N–H and O–H groups in total. The summed E-state index contributed by atoms with van der Waals surface area (Å²) in [6, 6.07) is 1.84. The van der Waals surface area contributed by atoms with Gasteiger partial charge in [0.25, 0.3) is 5.91 Å². The number of hydrogen-bond donors (Lipinski definition) is 2. The maximum absolute atomic E-state index is 12.0. The molecule has 5 heteroatoms. The second kappa shape index (κ2) is 6.73. The molecule has 1 aromatic rings. The molecule has 1 amide bonds. The number of carbonyl (C=O) groups excluding carboxylic acids is 1. The van der Waals surface area contributed by atoms with Crippen LogP contribution >= 0.6 is 0 Å². The first-order valence-electron chi connectivity index (χ1n) is 6.99. The van der Waals surface area contributed by atoms with Crippen LogP contribution in [-0.4, -0.2) is 36.5 Å². The average Bonchev–Trinajstić information content (AvgIpc) is 2.88. The predicted octanol–water partition coefficient (Wildman–Crippen LogP) is 1.34. The predicted molar refractivity (Wildman–Crippen MR) is 73.8 cm³/mol. The Labute approximate surface area is 114 Å². The number of nitrogens with zero attached hydrogens (tertiary/aromatic N) is 1. The second-order valence-corrected chi connectivity index (χ2v) is 5.24. The maximum Gasteiger partial charge on any atom is 0.254 e. The van der Waals surface area contributed by atoms with Crippen LogP contribution in [-0.2, 0) is 6.54 Å². The summed E-state index contributed by atoms with van der Waals surface area (Å²) in [5.74, 6) is 0.543. The molecule has 0 aliphatic carbocycles. The average molecular weight is 265 g/mol. The minimum absolute atomic E-state index is 0.0899. The summed E-state index contributed by atoms with van der Waals surface area (Å²) in [5.41, 5.74) is 6.00. The van der Waals surface area contributed by atoms with Crippen molar-refractivity contribution in [3.8, 4) is 0 Å². The summed E-state index contributed by atoms with van der Waals surface area (Å²) in [6.07, 6.45) is 5.32. The third kappa shape index (κ3) is 4.08. The molecule has 1 aromatic heterocycles. The van der Waals surface area contributed by atoms with Crippen molar-refractivity contribution in [2.75, 3.05) is 19.6 Å². The molecule has 0 aromatic carbocycles. The van der Waals surface area contributed by atoms with Gasteiger partial charge in [0.05, 0.1) is 12.1 Å². The largest absolute Gasteiger partial charge is 0.467 e. The van der Waals surface area contributed by atoms with Gasteiger partial charge < -0.3 is 20.4 Å². The molecule has 19 heavy (non-hydrogen) atoms. The van der Waals surface area contributed by atoms with Crippen LogP contribution in [0.3, 0.4) is 0 Å². The number of amides is 1. The molecule has 0 saturated carbocycles. The minimum atomic E-state index is -0.0899. The van der Waals surface area contributed by atoms with E-state index in [2.05, 4.69) is 10.2 Å². The monoisotopic (exact) mass is 265 g/mol. The summed E-state index contributed by atoms with van der Waals surface area (Å²) in [7, 11) is 0. The van der Waals surface area contributed by atoms with Gasteiger partial charge in [-0.15, -0.1) is 0 Å². The number of hydrogen-bond acceptors (Lipinski definition) is 4. The van der Waals surface area contributed by atoms with Gasteiger partial charge in [0.15, 0.2) is 0 Å². The van der Waals surface area contributed by atoms with Gasteiger partial charge in [-0.25, -0.2) is 0 Å². The normalized spacial score (nSPS) is 18.2. The van der Waals surface area contributed by atoms with Gasteiger partial charge in [0, 0.05) is 12.6 Å². The Morgan fingerprint density at radius 2 is 2.21 bits per heavy atom. The Morgan fingerprint density at radius 1 is 1.47 bits per heavy atom. The molecule has 1 aliphatic rings. The van der Waals surface area contributed by atoms with E-state index in [1.807, 2.05) is 6.92 Å². The molecular formula is C14H23N3O2. The van der Waals surface area contributed by atoms with Crippen molar-refractivity contribution in [3.05, 3.63) is 23.7 Å². The van der Waals surface area contributed by atoms with Gasteiger partial charge in [-0.1, -0.05) is 6.42 Å². The quantitative estimate of drug-likeness (QED) is 0.843. The highest BCUT2D eigenvalue weighted by Crippen LogP contribution is 2.10. The van der Waals surface area contributed by atoms with E-state index in [1.165, 1.54) is 25.5 Å². The Bertz CT molecular complexity index is 411. The number of piperidine rings is 1. The number of furan rings is 1.